The molecule has 0 bridgehead atoms. The molecule has 0 aliphatic carbocycles. The summed E-state index contributed by atoms with van der Waals surface area (Å²) in [5.74, 6) is -0.145. The first-order valence-electron chi connectivity index (χ1n) is 8.89. The van der Waals surface area contributed by atoms with E-state index >= 15 is 0 Å². The minimum Gasteiger partial charge on any atom is -0.374 e. The number of nitrogens with one attached hydrogen (secondary N) is 1. The Morgan fingerprint density at radius 1 is 1.43 bits per heavy atom. The van der Waals surface area contributed by atoms with Crippen molar-refractivity contribution in [2.24, 2.45) is 11.7 Å². The molecule has 0 saturated carbocycles. The average molecular weight is 431 g/mol. The normalized spacial score (nSPS) is 18.9. The van der Waals surface area contributed by atoms with Gasteiger partial charge in [-0.2, -0.15) is 9.57 Å². The van der Waals surface area contributed by atoms with E-state index in [9.17, 15) is 18.5 Å². The molecule has 156 valence electrons. The maximum absolute atomic E-state index is 12.9. The minimum atomic E-state index is -3.80. The molecule has 28 heavy (non-hydrogen) atoms. The molecular weight excluding hydrogens is 404 g/mol. The van der Waals surface area contributed by atoms with Crippen molar-refractivity contribution in [2.45, 2.75) is 37.3 Å². The highest BCUT2D eigenvalue weighted by Crippen LogP contribution is 2.22. The van der Waals surface area contributed by atoms with Gasteiger partial charge < -0.3 is 15.8 Å². The van der Waals surface area contributed by atoms with Gasteiger partial charge in [0.05, 0.1) is 29.2 Å². The number of nitriles is 1. The number of sulfonamides is 1. The van der Waals surface area contributed by atoms with Crippen LogP contribution in [0.2, 0.25) is 0 Å². The third kappa shape index (κ3) is 6.15. The summed E-state index contributed by atoms with van der Waals surface area (Å²) in [5.41, 5.74) is 5.54. The molecule has 1 amide bonds. The van der Waals surface area contributed by atoms with Crippen molar-refractivity contribution in [2.75, 3.05) is 26.2 Å². The smallest absolute Gasteiger partial charge is 0.244 e. The number of hydrogen-bond acceptors (Lipinski definition) is 6. The Morgan fingerprint density at radius 2 is 2.11 bits per heavy atom. The number of nitrogens with zero attached hydrogens (tertiary/aromatic N) is 2. The number of nitrogens with two attached hydrogens (primary N) is 1. The predicted octanol–water partition coefficient (Wildman–Crippen LogP) is 0.859. The number of ether oxygens (including phenoxy) is 1. The van der Waals surface area contributed by atoms with Crippen molar-refractivity contribution in [3.8, 4) is 6.07 Å². The number of amides is 1. The van der Waals surface area contributed by atoms with Crippen LogP contribution >= 0.6 is 12.4 Å². The molecular formula is C18H27ClN4O4S. The number of carbonyl (C=O) groups is 1. The highest BCUT2D eigenvalue weighted by molar-refractivity contribution is 7.89. The second kappa shape index (κ2) is 10.7. The molecule has 2 rings (SSSR count). The van der Waals surface area contributed by atoms with Gasteiger partial charge >= 0.3 is 0 Å². The molecule has 1 aliphatic heterocycles. The summed E-state index contributed by atoms with van der Waals surface area (Å²) in [5, 5.41) is 12.3. The van der Waals surface area contributed by atoms with Gasteiger partial charge in [-0.05, 0) is 24.5 Å². The first kappa shape index (κ1) is 24.3. The molecule has 1 saturated heterocycles. The molecule has 1 aromatic carbocycles. The number of hydrogen-bond donors (Lipinski definition) is 2. The second-order valence-electron chi connectivity index (χ2n) is 6.96. The van der Waals surface area contributed by atoms with Gasteiger partial charge in [0.25, 0.3) is 0 Å². The van der Waals surface area contributed by atoms with Crippen LogP contribution in [0.25, 0.3) is 0 Å². The summed E-state index contributed by atoms with van der Waals surface area (Å²) >= 11 is 0. The largest absolute Gasteiger partial charge is 0.374 e. The molecule has 0 spiro atoms. The average Bonchev–Trinajstić information content (AvgIpc) is 2.64. The molecule has 2 atom stereocenters. The Balaban J connectivity index is 0.00000392. The van der Waals surface area contributed by atoms with Crippen LogP contribution in [0.1, 0.15) is 25.8 Å². The van der Waals surface area contributed by atoms with Gasteiger partial charge in [-0.15, -0.1) is 12.4 Å². The molecule has 0 radical (unpaired) electrons. The molecule has 1 aromatic rings. The lowest BCUT2D eigenvalue weighted by Gasteiger charge is -2.33. The molecule has 1 heterocycles. The van der Waals surface area contributed by atoms with Crippen LogP contribution < -0.4 is 11.1 Å². The maximum atomic E-state index is 12.9. The number of carbonyl (C=O) groups excluding carboxylic acids is 1. The first-order valence-corrected chi connectivity index (χ1v) is 10.3. The molecule has 1 aliphatic rings. The van der Waals surface area contributed by atoms with E-state index in [1.54, 1.807) is 12.1 Å². The van der Waals surface area contributed by atoms with Crippen molar-refractivity contribution >= 4 is 28.3 Å². The minimum absolute atomic E-state index is 0. The van der Waals surface area contributed by atoms with Gasteiger partial charge in [0.1, 0.15) is 6.07 Å². The van der Waals surface area contributed by atoms with E-state index in [1.165, 1.54) is 16.4 Å². The topological polar surface area (TPSA) is 126 Å². The number of morpholine rings is 1. The first-order chi connectivity index (χ1) is 12.8. The number of halogens is 1. The Bertz CT molecular complexity index is 810. The maximum Gasteiger partial charge on any atom is 0.244 e. The third-order valence-corrected chi connectivity index (χ3v) is 6.29. The SMILES string of the molecule is CC(C)C[C@H](NC[C@@H]1CN(S(=O)(=O)c2ccccc2C#N)CCO1)C(N)=O.Cl. The van der Waals surface area contributed by atoms with Crippen molar-refractivity contribution in [3.63, 3.8) is 0 Å². The Morgan fingerprint density at radius 3 is 2.71 bits per heavy atom. The van der Waals surface area contributed by atoms with Crippen LogP contribution in [0.4, 0.5) is 0 Å². The molecule has 0 aromatic heterocycles. The van der Waals surface area contributed by atoms with Crippen LogP contribution in [0.15, 0.2) is 29.2 Å². The van der Waals surface area contributed by atoms with Crippen molar-refractivity contribution in [1.29, 1.82) is 5.26 Å². The lowest BCUT2D eigenvalue weighted by atomic mass is 10.0. The monoisotopic (exact) mass is 430 g/mol. The zero-order valence-corrected chi connectivity index (χ0v) is 17.6. The number of benzene rings is 1. The van der Waals surface area contributed by atoms with Crippen LogP contribution in [0.5, 0.6) is 0 Å². The standard InChI is InChI=1S/C18H26N4O4S.ClH/c1-13(2)9-16(18(20)23)21-11-15-12-22(7-8-26-15)27(24,25)17-6-4-3-5-14(17)10-19;/h3-6,13,15-16,21H,7-9,11-12H2,1-2H3,(H2,20,23);1H/t15-,16+;/m1./s1. The van der Waals surface area contributed by atoms with Gasteiger partial charge in [0.15, 0.2) is 0 Å². The van der Waals surface area contributed by atoms with Gasteiger partial charge in [0, 0.05) is 19.6 Å². The highest BCUT2D eigenvalue weighted by Gasteiger charge is 2.32. The van der Waals surface area contributed by atoms with Crippen molar-refractivity contribution < 1.29 is 17.9 Å². The van der Waals surface area contributed by atoms with Gasteiger partial charge in [0.2, 0.25) is 15.9 Å². The quantitative estimate of drug-likeness (QED) is 0.629. The second-order valence-corrected chi connectivity index (χ2v) is 8.86. The fourth-order valence-electron chi connectivity index (χ4n) is 3.00. The Hall–Kier alpha value is -1.70. The van der Waals surface area contributed by atoms with E-state index in [-0.39, 0.29) is 42.6 Å². The molecule has 1 fully saturated rings. The predicted molar refractivity (Wildman–Crippen MR) is 107 cm³/mol. The van der Waals surface area contributed by atoms with Crippen LogP contribution in [-0.4, -0.2) is 57.0 Å². The van der Waals surface area contributed by atoms with Gasteiger partial charge in [-0.25, -0.2) is 8.42 Å². The van der Waals surface area contributed by atoms with Gasteiger partial charge in [-0.3, -0.25) is 4.79 Å². The fourth-order valence-corrected chi connectivity index (χ4v) is 4.60. The Kier molecular flexibility index (Phi) is 9.33. The molecule has 3 N–H and O–H groups in total. The lowest BCUT2D eigenvalue weighted by Crippen LogP contribution is -2.52. The summed E-state index contributed by atoms with van der Waals surface area (Å²) in [6.07, 6.45) is 0.191. The zero-order chi connectivity index (χ0) is 20.0. The molecule has 8 nitrogen and oxygen atoms in total. The van der Waals surface area contributed by atoms with E-state index < -0.39 is 28.1 Å². The van der Waals surface area contributed by atoms with E-state index in [4.69, 9.17) is 10.5 Å². The van der Waals surface area contributed by atoms with Crippen LogP contribution in [0, 0.1) is 17.2 Å². The van der Waals surface area contributed by atoms with Gasteiger partial charge in [-0.1, -0.05) is 26.0 Å². The van der Waals surface area contributed by atoms with Crippen molar-refractivity contribution in [3.05, 3.63) is 29.8 Å². The van der Waals surface area contributed by atoms with E-state index in [2.05, 4.69) is 5.32 Å². The highest BCUT2D eigenvalue weighted by atomic mass is 35.5. The lowest BCUT2D eigenvalue weighted by molar-refractivity contribution is -0.120. The summed E-state index contributed by atoms with van der Waals surface area (Å²) in [6, 6.07) is 7.57. The summed E-state index contributed by atoms with van der Waals surface area (Å²) in [6.45, 7) is 4.90. The fraction of sp³-hybridized carbons (Fsp3) is 0.556. The van der Waals surface area contributed by atoms with E-state index in [0.29, 0.717) is 18.9 Å². The molecule has 0 unspecified atom stereocenters. The summed E-state index contributed by atoms with van der Waals surface area (Å²) < 4.78 is 32.8. The van der Waals surface area contributed by atoms with Crippen LogP contribution in [-0.2, 0) is 19.6 Å². The van der Waals surface area contributed by atoms with E-state index in [1.807, 2.05) is 19.9 Å². The number of primary amides is 1. The van der Waals surface area contributed by atoms with E-state index in [0.717, 1.165) is 0 Å². The van der Waals surface area contributed by atoms with Crippen molar-refractivity contribution in [1.82, 2.24) is 9.62 Å². The Labute approximate surface area is 172 Å². The third-order valence-electron chi connectivity index (χ3n) is 4.37. The van der Waals surface area contributed by atoms with Crippen LogP contribution in [0.3, 0.4) is 0 Å². The zero-order valence-electron chi connectivity index (χ0n) is 16.0. The summed E-state index contributed by atoms with van der Waals surface area (Å²) in [4.78, 5) is 11.6. The molecule has 10 heteroatoms. The summed E-state index contributed by atoms with van der Waals surface area (Å²) in [7, 11) is -3.80. The number of rotatable bonds is 8.